The quantitative estimate of drug-likeness (QED) is 0.689. The van der Waals surface area contributed by atoms with Crippen LogP contribution >= 0.6 is 0 Å². The van der Waals surface area contributed by atoms with Crippen molar-refractivity contribution in [3.63, 3.8) is 0 Å². The average molecular weight is 391 g/mol. The summed E-state index contributed by atoms with van der Waals surface area (Å²) in [5.41, 5.74) is 1.58. The second-order valence-electron chi connectivity index (χ2n) is 6.64. The van der Waals surface area contributed by atoms with E-state index in [4.69, 9.17) is 4.74 Å². The fourth-order valence-corrected chi connectivity index (χ4v) is 3.90. The monoisotopic (exact) mass is 390 g/mol. The van der Waals surface area contributed by atoms with Crippen LogP contribution in [0.3, 0.4) is 0 Å². The van der Waals surface area contributed by atoms with Crippen molar-refractivity contribution in [1.82, 2.24) is 10.0 Å². The van der Waals surface area contributed by atoms with E-state index in [0.29, 0.717) is 17.9 Å². The van der Waals surface area contributed by atoms with Gasteiger partial charge in [0.2, 0.25) is 10.0 Å². The van der Waals surface area contributed by atoms with E-state index in [2.05, 4.69) is 10.0 Å². The van der Waals surface area contributed by atoms with Crippen LogP contribution in [0.25, 0.3) is 0 Å². The highest BCUT2D eigenvalue weighted by Crippen LogP contribution is 2.11. The molecule has 1 unspecified atom stereocenters. The Labute approximate surface area is 161 Å². The van der Waals surface area contributed by atoms with Crippen molar-refractivity contribution in [1.29, 1.82) is 0 Å². The van der Waals surface area contributed by atoms with E-state index in [1.165, 1.54) is 0 Å². The summed E-state index contributed by atoms with van der Waals surface area (Å²) >= 11 is 0. The Bertz CT molecular complexity index is 834. The van der Waals surface area contributed by atoms with Crippen LogP contribution in [-0.2, 0) is 27.1 Å². The Kier molecular flexibility index (Phi) is 7.38. The highest BCUT2D eigenvalue weighted by atomic mass is 32.2. The molecule has 2 N–H and O–H groups in total. The first-order valence-electron chi connectivity index (χ1n) is 8.82. The molecule has 0 spiro atoms. The Morgan fingerprint density at radius 2 is 1.56 bits per heavy atom. The van der Waals surface area contributed by atoms with Crippen LogP contribution in [0.5, 0.6) is 5.75 Å². The number of hydrogen-bond donors (Lipinski definition) is 2. The van der Waals surface area contributed by atoms with E-state index in [-0.39, 0.29) is 17.7 Å². The van der Waals surface area contributed by atoms with Gasteiger partial charge in [-0.2, -0.15) is 0 Å². The van der Waals surface area contributed by atoms with Crippen molar-refractivity contribution in [2.75, 3.05) is 0 Å². The molecule has 2 aromatic carbocycles. The van der Waals surface area contributed by atoms with Crippen molar-refractivity contribution < 1.29 is 17.9 Å². The third-order valence-corrected chi connectivity index (χ3v) is 5.23. The minimum Gasteiger partial charge on any atom is -0.481 e. The summed E-state index contributed by atoms with van der Waals surface area (Å²) in [6.45, 7) is 5.61. The molecule has 1 atom stereocenters. The van der Waals surface area contributed by atoms with Gasteiger partial charge in [0.25, 0.3) is 5.91 Å². The summed E-state index contributed by atoms with van der Waals surface area (Å²) in [4.78, 5) is 12.2. The first-order chi connectivity index (χ1) is 12.7. The molecule has 0 aromatic heterocycles. The van der Waals surface area contributed by atoms with Crippen molar-refractivity contribution in [3.05, 3.63) is 65.7 Å². The molecule has 1 amide bonds. The molecule has 0 bridgehead atoms. The summed E-state index contributed by atoms with van der Waals surface area (Å²) in [5, 5.41) is 2.82. The fraction of sp³-hybridized carbons (Fsp3) is 0.350. The summed E-state index contributed by atoms with van der Waals surface area (Å²) in [7, 11) is -3.35. The number of rotatable bonds is 9. The maximum absolute atomic E-state index is 12.2. The molecule has 0 aliphatic heterocycles. The fourth-order valence-electron chi connectivity index (χ4n) is 2.46. The van der Waals surface area contributed by atoms with Gasteiger partial charge >= 0.3 is 0 Å². The number of carbonyl (C=O) groups is 1. The number of hydrogen-bond acceptors (Lipinski definition) is 4. The first-order valence-corrected chi connectivity index (χ1v) is 10.5. The standard InChI is InChI=1S/C20H26N2O4S/c1-15(2)22-27(24,25)14-18-11-9-17(10-12-18)13-21-20(23)16(3)26-19-7-5-4-6-8-19/h4-12,15-16,22H,13-14H2,1-3H3,(H,21,23). The molecule has 0 aliphatic rings. The summed E-state index contributed by atoms with van der Waals surface area (Å²) in [6, 6.07) is 16.2. The molecule has 2 aromatic rings. The highest BCUT2D eigenvalue weighted by Gasteiger charge is 2.15. The van der Waals surface area contributed by atoms with Gasteiger partial charge in [0.1, 0.15) is 5.75 Å². The minimum absolute atomic E-state index is 0.0697. The minimum atomic E-state index is -3.35. The second-order valence-corrected chi connectivity index (χ2v) is 8.39. The molecule has 146 valence electrons. The summed E-state index contributed by atoms with van der Waals surface area (Å²) in [6.07, 6.45) is -0.612. The molecule has 7 heteroatoms. The lowest BCUT2D eigenvalue weighted by molar-refractivity contribution is -0.127. The number of carbonyl (C=O) groups excluding carboxylic acids is 1. The highest BCUT2D eigenvalue weighted by molar-refractivity contribution is 7.88. The van der Waals surface area contributed by atoms with Crippen LogP contribution in [0, 0.1) is 0 Å². The van der Waals surface area contributed by atoms with Gasteiger partial charge in [0.15, 0.2) is 6.10 Å². The van der Waals surface area contributed by atoms with E-state index in [1.807, 2.05) is 30.3 Å². The van der Waals surface area contributed by atoms with Gasteiger partial charge < -0.3 is 10.1 Å². The van der Waals surface area contributed by atoms with E-state index in [9.17, 15) is 13.2 Å². The van der Waals surface area contributed by atoms with Crippen LogP contribution in [-0.4, -0.2) is 26.5 Å². The lowest BCUT2D eigenvalue weighted by Gasteiger charge is -2.15. The molecule has 0 saturated carbocycles. The molecule has 0 fully saturated rings. The van der Waals surface area contributed by atoms with Gasteiger partial charge in [-0.15, -0.1) is 0 Å². The van der Waals surface area contributed by atoms with Gasteiger partial charge in [0, 0.05) is 12.6 Å². The van der Waals surface area contributed by atoms with Crippen LogP contribution in [0.4, 0.5) is 0 Å². The molecule has 0 saturated heterocycles. The molecular weight excluding hydrogens is 364 g/mol. The van der Waals surface area contributed by atoms with E-state index in [0.717, 1.165) is 5.56 Å². The maximum Gasteiger partial charge on any atom is 0.261 e. The zero-order valence-electron chi connectivity index (χ0n) is 15.8. The Morgan fingerprint density at radius 3 is 2.15 bits per heavy atom. The SMILES string of the molecule is CC(C)NS(=O)(=O)Cc1ccc(CNC(=O)C(C)Oc2ccccc2)cc1. The smallest absolute Gasteiger partial charge is 0.261 e. The van der Waals surface area contributed by atoms with E-state index < -0.39 is 16.1 Å². The van der Waals surface area contributed by atoms with Crippen LogP contribution < -0.4 is 14.8 Å². The zero-order chi connectivity index (χ0) is 19.9. The topological polar surface area (TPSA) is 84.5 Å². The third-order valence-electron chi connectivity index (χ3n) is 3.69. The Balaban J connectivity index is 1.84. The van der Waals surface area contributed by atoms with Crippen LogP contribution in [0.2, 0.25) is 0 Å². The lowest BCUT2D eigenvalue weighted by Crippen LogP contribution is -2.35. The maximum atomic E-state index is 12.2. The number of benzene rings is 2. The van der Waals surface area contributed by atoms with Crippen LogP contribution in [0.1, 0.15) is 31.9 Å². The third kappa shape index (κ3) is 7.40. The van der Waals surface area contributed by atoms with Gasteiger partial charge in [0.05, 0.1) is 5.75 Å². The molecule has 6 nitrogen and oxygen atoms in total. The predicted molar refractivity (Wildman–Crippen MR) is 106 cm³/mol. The zero-order valence-corrected chi connectivity index (χ0v) is 16.6. The van der Waals surface area contributed by atoms with Crippen molar-refractivity contribution >= 4 is 15.9 Å². The summed E-state index contributed by atoms with van der Waals surface area (Å²) < 4.78 is 32.0. The van der Waals surface area contributed by atoms with Crippen molar-refractivity contribution in [2.24, 2.45) is 0 Å². The number of nitrogens with one attached hydrogen (secondary N) is 2. The normalized spacial score (nSPS) is 12.6. The summed E-state index contributed by atoms with van der Waals surface area (Å²) in [5.74, 6) is 0.354. The van der Waals surface area contributed by atoms with Gasteiger partial charge in [-0.05, 0) is 44.0 Å². The van der Waals surface area contributed by atoms with Gasteiger partial charge in [-0.3, -0.25) is 4.79 Å². The Hall–Kier alpha value is -2.38. The Morgan fingerprint density at radius 1 is 0.963 bits per heavy atom. The number of para-hydroxylation sites is 1. The van der Waals surface area contributed by atoms with Gasteiger partial charge in [-0.1, -0.05) is 42.5 Å². The molecule has 0 heterocycles. The first kappa shape index (κ1) is 20.9. The number of sulfonamides is 1. The molecular formula is C20H26N2O4S. The molecule has 0 aliphatic carbocycles. The number of ether oxygens (including phenoxy) is 1. The van der Waals surface area contributed by atoms with Crippen molar-refractivity contribution in [3.8, 4) is 5.75 Å². The second kappa shape index (κ2) is 9.53. The average Bonchev–Trinajstić information content (AvgIpc) is 2.60. The number of amides is 1. The lowest BCUT2D eigenvalue weighted by atomic mass is 10.1. The largest absolute Gasteiger partial charge is 0.481 e. The molecule has 0 radical (unpaired) electrons. The van der Waals surface area contributed by atoms with E-state index >= 15 is 0 Å². The van der Waals surface area contributed by atoms with Gasteiger partial charge in [-0.25, -0.2) is 13.1 Å². The van der Waals surface area contributed by atoms with Crippen molar-refractivity contribution in [2.45, 2.75) is 45.2 Å². The molecule has 27 heavy (non-hydrogen) atoms. The van der Waals surface area contributed by atoms with E-state index in [1.54, 1.807) is 45.0 Å². The van der Waals surface area contributed by atoms with Crippen LogP contribution in [0.15, 0.2) is 54.6 Å². The molecule has 2 rings (SSSR count). The predicted octanol–water partition coefficient (Wildman–Crippen LogP) is 2.60.